The van der Waals surface area contributed by atoms with Crippen LogP contribution in [0.5, 0.6) is 5.75 Å². The monoisotopic (exact) mass is 345 g/mol. The van der Waals surface area contributed by atoms with Gasteiger partial charge >= 0.3 is 0 Å². The number of rotatable bonds is 7. The highest BCUT2D eigenvalue weighted by Crippen LogP contribution is 2.25. The first-order valence-electron chi connectivity index (χ1n) is 7.22. The van der Waals surface area contributed by atoms with Gasteiger partial charge in [0.25, 0.3) is 11.4 Å². The molecule has 0 atom stereocenters. The van der Waals surface area contributed by atoms with Crippen molar-refractivity contribution >= 4 is 17.3 Å². The average molecular weight is 345 g/mol. The molecule has 1 N–H and O–H groups in total. The summed E-state index contributed by atoms with van der Waals surface area (Å²) in [4.78, 5) is 32.3. The zero-order valence-electron chi connectivity index (χ0n) is 13.3. The largest absolute Gasteiger partial charge is 0.497 e. The van der Waals surface area contributed by atoms with E-state index in [0.717, 1.165) is 17.7 Å². The molecule has 0 fully saturated rings. The highest BCUT2D eigenvalue weighted by molar-refractivity contribution is 5.80. The first kappa shape index (κ1) is 17.9. The maximum absolute atomic E-state index is 12.0. The van der Waals surface area contributed by atoms with E-state index in [1.807, 2.05) is 0 Å². The molecule has 2 aromatic carbocycles. The number of nitro groups is 2. The van der Waals surface area contributed by atoms with Gasteiger partial charge in [0.15, 0.2) is 0 Å². The van der Waals surface area contributed by atoms with E-state index < -0.39 is 27.1 Å². The molecular weight excluding hydrogens is 330 g/mol. The Kier molecular flexibility index (Phi) is 5.62. The highest BCUT2D eigenvalue weighted by Gasteiger charge is 2.20. The van der Waals surface area contributed by atoms with E-state index in [9.17, 15) is 25.0 Å². The topological polar surface area (TPSA) is 125 Å². The first-order valence-corrected chi connectivity index (χ1v) is 7.22. The van der Waals surface area contributed by atoms with Crippen LogP contribution < -0.4 is 10.1 Å². The van der Waals surface area contributed by atoms with Crippen molar-refractivity contribution < 1.29 is 19.4 Å². The molecule has 0 aromatic heterocycles. The van der Waals surface area contributed by atoms with Crippen LogP contribution in [0.2, 0.25) is 0 Å². The van der Waals surface area contributed by atoms with E-state index in [0.29, 0.717) is 5.75 Å². The van der Waals surface area contributed by atoms with E-state index in [2.05, 4.69) is 5.32 Å². The molecule has 0 unspecified atom stereocenters. The maximum Gasteiger partial charge on any atom is 0.279 e. The Morgan fingerprint density at radius 1 is 1.08 bits per heavy atom. The lowest BCUT2D eigenvalue weighted by Crippen LogP contribution is -2.24. The number of non-ortho nitro benzene ring substituents is 1. The molecule has 0 heterocycles. The molecule has 1 amide bonds. The zero-order chi connectivity index (χ0) is 18.4. The van der Waals surface area contributed by atoms with Gasteiger partial charge in [0.1, 0.15) is 5.75 Å². The molecule has 2 aromatic rings. The quantitative estimate of drug-likeness (QED) is 0.606. The SMILES string of the molecule is COc1ccc(CNC(=O)Cc2ccc([N+](=O)[O-])cc2[N+](=O)[O-])cc1. The third-order valence-corrected chi connectivity index (χ3v) is 3.48. The second-order valence-electron chi connectivity index (χ2n) is 5.13. The van der Waals surface area contributed by atoms with E-state index in [1.54, 1.807) is 31.4 Å². The highest BCUT2D eigenvalue weighted by atomic mass is 16.6. The van der Waals surface area contributed by atoms with E-state index in [-0.39, 0.29) is 18.5 Å². The number of carbonyl (C=O) groups excluding carboxylic acids is 1. The zero-order valence-corrected chi connectivity index (χ0v) is 13.3. The summed E-state index contributed by atoms with van der Waals surface area (Å²) < 4.78 is 5.04. The normalized spacial score (nSPS) is 10.1. The van der Waals surface area contributed by atoms with Crippen LogP contribution in [0.4, 0.5) is 11.4 Å². The van der Waals surface area contributed by atoms with Crippen LogP contribution in [-0.4, -0.2) is 22.9 Å². The van der Waals surface area contributed by atoms with Crippen LogP contribution >= 0.6 is 0 Å². The van der Waals surface area contributed by atoms with Gasteiger partial charge in [-0.3, -0.25) is 25.0 Å². The van der Waals surface area contributed by atoms with Gasteiger partial charge in [-0.15, -0.1) is 0 Å². The standard InChI is InChI=1S/C16H15N3O6/c1-25-14-6-2-11(3-7-14)10-17-16(20)8-12-4-5-13(18(21)22)9-15(12)19(23)24/h2-7,9H,8,10H2,1H3,(H,17,20). The van der Waals surface area contributed by atoms with Gasteiger partial charge in [0, 0.05) is 18.2 Å². The van der Waals surface area contributed by atoms with Crippen LogP contribution in [0.3, 0.4) is 0 Å². The fourth-order valence-corrected chi connectivity index (χ4v) is 2.16. The molecule has 9 nitrogen and oxygen atoms in total. The molecule has 0 saturated carbocycles. The molecule has 2 rings (SSSR count). The van der Waals surface area contributed by atoms with Crippen molar-refractivity contribution in [2.75, 3.05) is 7.11 Å². The van der Waals surface area contributed by atoms with Gasteiger partial charge in [0.2, 0.25) is 5.91 Å². The number of amides is 1. The van der Waals surface area contributed by atoms with Gasteiger partial charge in [-0.1, -0.05) is 12.1 Å². The number of hydrogen-bond donors (Lipinski definition) is 1. The predicted molar refractivity (Wildman–Crippen MR) is 88.3 cm³/mol. The molecular formula is C16H15N3O6. The van der Waals surface area contributed by atoms with E-state index >= 15 is 0 Å². The number of nitro benzene ring substituents is 2. The number of nitrogens with one attached hydrogen (secondary N) is 1. The van der Waals surface area contributed by atoms with Gasteiger partial charge in [-0.05, 0) is 23.8 Å². The molecule has 0 saturated heterocycles. The summed E-state index contributed by atoms with van der Waals surface area (Å²) in [7, 11) is 1.55. The first-order chi connectivity index (χ1) is 11.9. The molecule has 130 valence electrons. The maximum atomic E-state index is 12.0. The summed E-state index contributed by atoms with van der Waals surface area (Å²) in [5.41, 5.74) is 0.109. The molecule has 0 aliphatic heterocycles. The minimum atomic E-state index is -0.737. The lowest BCUT2D eigenvalue weighted by Gasteiger charge is -2.07. The summed E-state index contributed by atoms with van der Waals surface area (Å²) in [6.45, 7) is 0.254. The molecule has 0 radical (unpaired) electrons. The minimum absolute atomic E-state index is 0.114. The Hall–Kier alpha value is -3.49. The van der Waals surface area contributed by atoms with Crippen molar-refractivity contribution in [2.24, 2.45) is 0 Å². The molecule has 9 heteroatoms. The molecule has 0 aliphatic rings. The Morgan fingerprint density at radius 2 is 1.76 bits per heavy atom. The average Bonchev–Trinajstić information content (AvgIpc) is 2.60. The van der Waals surface area contributed by atoms with E-state index in [4.69, 9.17) is 4.74 Å². The van der Waals surface area contributed by atoms with Gasteiger partial charge in [-0.2, -0.15) is 0 Å². The number of methoxy groups -OCH3 is 1. The Labute approximate surface area is 142 Å². The van der Waals surface area contributed by atoms with Crippen molar-refractivity contribution in [1.82, 2.24) is 5.32 Å². The van der Waals surface area contributed by atoms with Crippen LogP contribution in [0.1, 0.15) is 11.1 Å². The van der Waals surface area contributed by atoms with Gasteiger partial charge in [0.05, 0.1) is 29.4 Å². The van der Waals surface area contributed by atoms with Gasteiger partial charge in [-0.25, -0.2) is 0 Å². The fraction of sp³-hybridized carbons (Fsp3) is 0.188. The second kappa shape index (κ2) is 7.86. The minimum Gasteiger partial charge on any atom is -0.497 e. The third-order valence-electron chi connectivity index (χ3n) is 3.48. The van der Waals surface area contributed by atoms with Crippen LogP contribution in [0.15, 0.2) is 42.5 Å². The lowest BCUT2D eigenvalue weighted by molar-refractivity contribution is -0.394. The number of nitrogens with zero attached hydrogens (tertiary/aromatic N) is 2. The number of benzene rings is 2. The Bertz CT molecular complexity index is 804. The van der Waals surface area contributed by atoms with Crippen molar-refractivity contribution in [1.29, 1.82) is 0 Å². The van der Waals surface area contributed by atoms with Crippen LogP contribution in [-0.2, 0) is 17.8 Å². The molecule has 0 spiro atoms. The lowest BCUT2D eigenvalue weighted by atomic mass is 10.1. The summed E-state index contributed by atoms with van der Waals surface area (Å²) in [6, 6.07) is 10.3. The third kappa shape index (κ3) is 4.74. The van der Waals surface area contributed by atoms with Crippen molar-refractivity contribution in [3.8, 4) is 5.75 Å². The van der Waals surface area contributed by atoms with Crippen molar-refractivity contribution in [3.05, 3.63) is 73.8 Å². The summed E-state index contributed by atoms with van der Waals surface area (Å²) in [5.74, 6) is 0.268. The van der Waals surface area contributed by atoms with Crippen LogP contribution in [0, 0.1) is 20.2 Å². The van der Waals surface area contributed by atoms with Crippen LogP contribution in [0.25, 0.3) is 0 Å². The summed E-state index contributed by atoms with van der Waals surface area (Å²) in [5, 5.41) is 24.4. The fourth-order valence-electron chi connectivity index (χ4n) is 2.16. The summed E-state index contributed by atoms with van der Waals surface area (Å²) in [6.07, 6.45) is -0.246. The molecule has 0 aliphatic carbocycles. The van der Waals surface area contributed by atoms with Gasteiger partial charge < -0.3 is 10.1 Å². The van der Waals surface area contributed by atoms with E-state index in [1.165, 1.54) is 6.07 Å². The van der Waals surface area contributed by atoms with Crippen molar-refractivity contribution in [3.63, 3.8) is 0 Å². The number of ether oxygens (including phenoxy) is 1. The number of hydrogen-bond acceptors (Lipinski definition) is 6. The van der Waals surface area contributed by atoms with Crippen molar-refractivity contribution in [2.45, 2.75) is 13.0 Å². The Balaban J connectivity index is 2.04. The second-order valence-corrected chi connectivity index (χ2v) is 5.13. The predicted octanol–water partition coefficient (Wildman–Crippen LogP) is 2.37. The number of carbonyl (C=O) groups is 1. The molecule has 25 heavy (non-hydrogen) atoms. The smallest absolute Gasteiger partial charge is 0.279 e. The Morgan fingerprint density at radius 3 is 2.32 bits per heavy atom. The summed E-state index contributed by atoms with van der Waals surface area (Å²) >= 11 is 0. The molecule has 0 bridgehead atoms.